The fourth-order valence-electron chi connectivity index (χ4n) is 1.17. The van der Waals surface area contributed by atoms with Gasteiger partial charge in [0.2, 0.25) is 0 Å². The average Bonchev–Trinajstić information content (AvgIpc) is 2.19. The van der Waals surface area contributed by atoms with Crippen molar-refractivity contribution in [3.05, 3.63) is 12.3 Å². The van der Waals surface area contributed by atoms with Crippen molar-refractivity contribution in [1.82, 2.24) is 9.97 Å². The van der Waals surface area contributed by atoms with Crippen LogP contribution in [0.5, 0.6) is 0 Å². The summed E-state index contributed by atoms with van der Waals surface area (Å²) < 4.78 is 2.83. The molecule has 0 amide bonds. The molecule has 1 aromatic heterocycles. The van der Waals surface area contributed by atoms with Crippen LogP contribution in [0.25, 0.3) is 0 Å². The van der Waals surface area contributed by atoms with Gasteiger partial charge in [0.1, 0.15) is 0 Å². The van der Waals surface area contributed by atoms with E-state index in [-0.39, 0.29) is 0 Å². The Labute approximate surface area is 94.2 Å². The summed E-state index contributed by atoms with van der Waals surface area (Å²) in [5.41, 5.74) is 0. The number of hydrogen-bond acceptors (Lipinski definition) is 3. The Morgan fingerprint density at radius 3 is 3.08 bits per heavy atom. The predicted molar refractivity (Wildman–Crippen MR) is 61.7 cm³/mol. The van der Waals surface area contributed by atoms with E-state index in [0.29, 0.717) is 0 Å². The van der Waals surface area contributed by atoms with E-state index in [2.05, 4.69) is 23.0 Å². The van der Waals surface area contributed by atoms with E-state index in [4.69, 9.17) is 0 Å². The maximum absolute atomic E-state index is 4.51. The molecule has 0 radical (unpaired) electrons. The van der Waals surface area contributed by atoms with Gasteiger partial charge in [0.05, 0.1) is 0 Å². The number of nitrogens with zero attached hydrogens (tertiary/aromatic N) is 2. The molecule has 13 heavy (non-hydrogen) atoms. The van der Waals surface area contributed by atoms with Crippen molar-refractivity contribution in [2.75, 3.05) is 6.26 Å². The Bertz CT molecular complexity index is 255. The first-order valence-electron chi connectivity index (χ1n) is 4.72. The SMILES string of the molecule is CCC[CH2][SnH2][c]1ccnc(SC)n1. The molecule has 1 rings (SSSR count). The van der Waals surface area contributed by atoms with Crippen LogP contribution in [0.1, 0.15) is 19.8 Å². The molecule has 4 heteroatoms. The normalized spacial score (nSPS) is 11.2. The third-order valence-electron chi connectivity index (χ3n) is 1.91. The summed E-state index contributed by atoms with van der Waals surface area (Å²) in [7, 11) is 0. The molecular formula is C9H16N2SSn. The van der Waals surface area contributed by atoms with Crippen LogP contribution in [0.2, 0.25) is 4.44 Å². The number of thioether (sulfide) groups is 1. The first kappa shape index (κ1) is 11.3. The second-order valence-corrected chi connectivity index (χ2v) is 9.28. The molecule has 2 nitrogen and oxygen atoms in total. The zero-order chi connectivity index (χ0) is 9.52. The second kappa shape index (κ2) is 6.65. The Morgan fingerprint density at radius 1 is 1.54 bits per heavy atom. The van der Waals surface area contributed by atoms with Crippen LogP contribution >= 0.6 is 11.8 Å². The van der Waals surface area contributed by atoms with Crippen LogP contribution in [-0.2, 0) is 0 Å². The van der Waals surface area contributed by atoms with Gasteiger partial charge < -0.3 is 0 Å². The molecule has 1 heterocycles. The molecule has 0 saturated carbocycles. The first-order valence-corrected chi connectivity index (χ1v) is 10.8. The van der Waals surface area contributed by atoms with Gasteiger partial charge in [-0.25, -0.2) is 0 Å². The molecule has 0 atom stereocenters. The molecule has 1 aromatic rings. The van der Waals surface area contributed by atoms with E-state index in [1.807, 2.05) is 12.5 Å². The number of hydrogen-bond donors (Lipinski definition) is 0. The number of aromatic nitrogens is 2. The fraction of sp³-hybridized carbons (Fsp3) is 0.556. The van der Waals surface area contributed by atoms with Gasteiger partial charge in [0, 0.05) is 0 Å². The molecule has 0 unspecified atom stereocenters. The average molecular weight is 303 g/mol. The minimum atomic E-state index is -0.734. The van der Waals surface area contributed by atoms with E-state index in [1.165, 1.54) is 21.0 Å². The topological polar surface area (TPSA) is 25.8 Å². The van der Waals surface area contributed by atoms with Crippen LogP contribution < -0.4 is 3.71 Å². The standard InChI is InChI=1S/C5H5N2S.C4H9.Sn.2H/c1-8-5-6-3-2-4-7-5;1-3-4-2;;;/h2-3H,1H3;1,3-4H2,2H3;;;. The molecule has 0 aliphatic rings. The Kier molecular flexibility index (Phi) is 5.78. The predicted octanol–water partition coefficient (Wildman–Crippen LogP) is 1.21. The van der Waals surface area contributed by atoms with E-state index in [1.54, 1.807) is 11.8 Å². The molecule has 0 saturated heterocycles. The maximum atomic E-state index is 4.51. The summed E-state index contributed by atoms with van der Waals surface area (Å²) in [5.74, 6) is 0. The van der Waals surface area contributed by atoms with Crippen LogP contribution in [0, 0.1) is 0 Å². The van der Waals surface area contributed by atoms with Gasteiger partial charge in [-0.3, -0.25) is 0 Å². The molecule has 0 bridgehead atoms. The summed E-state index contributed by atoms with van der Waals surface area (Å²) in [5, 5.41) is 0.936. The third kappa shape index (κ3) is 4.31. The van der Waals surface area contributed by atoms with Gasteiger partial charge in [0.25, 0.3) is 0 Å². The molecule has 0 N–H and O–H groups in total. The summed E-state index contributed by atoms with van der Waals surface area (Å²) in [4.78, 5) is 8.68. The van der Waals surface area contributed by atoms with E-state index < -0.39 is 21.1 Å². The van der Waals surface area contributed by atoms with Crippen molar-refractivity contribution < 1.29 is 0 Å². The van der Waals surface area contributed by atoms with Crippen LogP contribution in [-0.4, -0.2) is 37.4 Å². The molecule has 0 fully saturated rings. The van der Waals surface area contributed by atoms with E-state index >= 15 is 0 Å². The second-order valence-electron chi connectivity index (χ2n) is 2.99. The van der Waals surface area contributed by atoms with Gasteiger partial charge >= 0.3 is 94.5 Å². The zero-order valence-corrected chi connectivity index (χ0v) is 13.1. The summed E-state index contributed by atoms with van der Waals surface area (Å²) >= 11 is 0.899. The van der Waals surface area contributed by atoms with Crippen molar-refractivity contribution >= 4 is 36.6 Å². The van der Waals surface area contributed by atoms with Crippen LogP contribution in [0.15, 0.2) is 17.4 Å². The summed E-state index contributed by atoms with van der Waals surface area (Å²) in [6.45, 7) is 2.25. The minimum absolute atomic E-state index is 0.734. The monoisotopic (exact) mass is 304 g/mol. The molecule has 0 aromatic carbocycles. The molecule has 72 valence electrons. The van der Waals surface area contributed by atoms with Crippen molar-refractivity contribution in [3.63, 3.8) is 0 Å². The quantitative estimate of drug-likeness (QED) is 0.354. The molecule has 0 aliphatic heterocycles. The zero-order valence-electron chi connectivity index (χ0n) is 8.29. The van der Waals surface area contributed by atoms with Crippen molar-refractivity contribution in [3.8, 4) is 0 Å². The van der Waals surface area contributed by atoms with Gasteiger partial charge in [-0.05, 0) is 0 Å². The van der Waals surface area contributed by atoms with Gasteiger partial charge in [-0.1, -0.05) is 0 Å². The number of unbranched alkanes of at least 4 members (excludes halogenated alkanes) is 1. The summed E-state index contributed by atoms with van der Waals surface area (Å²) in [6.07, 6.45) is 6.63. The first-order chi connectivity index (χ1) is 6.36. The Morgan fingerprint density at radius 2 is 2.38 bits per heavy atom. The Hall–Kier alpha value is 0.229. The van der Waals surface area contributed by atoms with Crippen molar-refractivity contribution in [2.24, 2.45) is 0 Å². The molecule has 0 spiro atoms. The molecule has 0 aliphatic carbocycles. The van der Waals surface area contributed by atoms with Crippen LogP contribution in [0.4, 0.5) is 0 Å². The number of rotatable bonds is 5. The van der Waals surface area contributed by atoms with E-state index in [9.17, 15) is 0 Å². The van der Waals surface area contributed by atoms with Crippen molar-refractivity contribution in [1.29, 1.82) is 0 Å². The van der Waals surface area contributed by atoms with Gasteiger partial charge in [-0.15, -0.1) is 0 Å². The third-order valence-corrected chi connectivity index (χ3v) is 7.49. The Balaban J connectivity index is 2.46. The van der Waals surface area contributed by atoms with Crippen molar-refractivity contribution in [2.45, 2.75) is 29.4 Å². The molecular weight excluding hydrogens is 287 g/mol. The van der Waals surface area contributed by atoms with Gasteiger partial charge in [0.15, 0.2) is 0 Å². The van der Waals surface area contributed by atoms with Gasteiger partial charge in [-0.2, -0.15) is 0 Å². The fourth-order valence-corrected chi connectivity index (χ4v) is 6.57. The van der Waals surface area contributed by atoms with E-state index in [0.717, 1.165) is 5.16 Å². The van der Waals surface area contributed by atoms with Crippen LogP contribution in [0.3, 0.4) is 0 Å². The summed E-state index contributed by atoms with van der Waals surface area (Å²) in [6, 6.07) is 2.10.